The number of ether oxygens (including phenoxy) is 1. The first kappa shape index (κ1) is 21.3. The molecule has 2 rings (SSSR count). The Labute approximate surface area is 161 Å². The molecule has 1 aliphatic heterocycles. The van der Waals surface area contributed by atoms with Gasteiger partial charge in [0.15, 0.2) is 0 Å². The van der Waals surface area contributed by atoms with Crippen LogP contribution in [-0.4, -0.2) is 54.1 Å². The number of piperidine rings is 1. The fourth-order valence-corrected chi connectivity index (χ4v) is 3.02. The van der Waals surface area contributed by atoms with Gasteiger partial charge in [0.05, 0.1) is 0 Å². The highest BCUT2D eigenvalue weighted by Crippen LogP contribution is 2.30. The summed E-state index contributed by atoms with van der Waals surface area (Å²) in [6, 6.07) is 0.0397. The largest absolute Gasteiger partial charge is 0.444 e. The number of likely N-dealkylation sites (tertiary alicyclic amines) is 1. The maximum atomic E-state index is 12.4. The first-order valence-corrected chi connectivity index (χ1v) is 9.97. The van der Waals surface area contributed by atoms with Crippen molar-refractivity contribution in [2.45, 2.75) is 70.9 Å². The van der Waals surface area contributed by atoms with Crippen molar-refractivity contribution in [2.24, 2.45) is 5.92 Å². The molecule has 1 atom stereocenters. The van der Waals surface area contributed by atoms with Crippen LogP contribution < -0.4 is 10.6 Å². The van der Waals surface area contributed by atoms with Crippen LogP contribution in [0.1, 0.15) is 59.3 Å². The topological polar surface area (TPSA) is 87.7 Å². The molecule has 1 heterocycles. The molecule has 1 aliphatic carbocycles. The van der Waals surface area contributed by atoms with Crippen molar-refractivity contribution in [1.29, 1.82) is 0 Å². The summed E-state index contributed by atoms with van der Waals surface area (Å²) in [5, 5.41) is 5.46. The van der Waals surface area contributed by atoms with E-state index in [1.165, 1.54) is 12.8 Å². The third-order valence-corrected chi connectivity index (χ3v) is 4.60. The van der Waals surface area contributed by atoms with Crippen LogP contribution in [0, 0.1) is 5.92 Å². The molecule has 0 aromatic carbocycles. The second-order valence-corrected chi connectivity index (χ2v) is 8.36. The van der Waals surface area contributed by atoms with Gasteiger partial charge in [-0.1, -0.05) is 6.08 Å². The summed E-state index contributed by atoms with van der Waals surface area (Å²) >= 11 is 0. The van der Waals surface area contributed by atoms with Crippen molar-refractivity contribution in [3.8, 4) is 0 Å². The van der Waals surface area contributed by atoms with E-state index < -0.39 is 11.7 Å². The highest BCUT2D eigenvalue weighted by molar-refractivity contribution is 5.88. The molecule has 0 aromatic rings. The van der Waals surface area contributed by atoms with Gasteiger partial charge < -0.3 is 20.3 Å². The van der Waals surface area contributed by atoms with Gasteiger partial charge in [0.2, 0.25) is 11.8 Å². The molecule has 0 radical (unpaired) electrons. The van der Waals surface area contributed by atoms with Crippen LogP contribution in [-0.2, 0) is 14.3 Å². The third kappa shape index (κ3) is 8.45. The Balaban J connectivity index is 1.69. The van der Waals surface area contributed by atoms with Crippen molar-refractivity contribution < 1.29 is 19.1 Å². The minimum Gasteiger partial charge on any atom is -0.444 e. The Kier molecular flexibility index (Phi) is 7.68. The number of hydrogen-bond donors (Lipinski definition) is 2. The summed E-state index contributed by atoms with van der Waals surface area (Å²) in [6.07, 6.45) is 8.70. The minimum atomic E-state index is -0.558. The molecule has 7 heteroatoms. The Morgan fingerprint density at radius 2 is 1.85 bits per heavy atom. The number of rotatable bonds is 7. The minimum absolute atomic E-state index is 0.0397. The highest BCUT2D eigenvalue weighted by atomic mass is 16.6. The van der Waals surface area contributed by atoms with Crippen LogP contribution in [0.5, 0.6) is 0 Å². The average Bonchev–Trinajstić information content (AvgIpc) is 3.41. The molecule has 2 aliphatic rings. The normalized spacial score (nSPS) is 20.4. The molecular formula is C20H33N3O4. The molecular weight excluding hydrogens is 346 g/mol. The number of hydrogen-bond acceptors (Lipinski definition) is 4. The molecule has 7 nitrogen and oxygen atoms in total. The maximum absolute atomic E-state index is 12.4. The number of allylic oxidation sites excluding steroid dienone is 1. The van der Waals surface area contributed by atoms with E-state index in [0.717, 1.165) is 25.8 Å². The molecule has 1 saturated carbocycles. The summed E-state index contributed by atoms with van der Waals surface area (Å²) < 4.78 is 5.13. The van der Waals surface area contributed by atoms with Gasteiger partial charge in [0.1, 0.15) is 5.60 Å². The molecule has 2 N–H and O–H groups in total. The molecule has 1 unspecified atom stereocenters. The summed E-state index contributed by atoms with van der Waals surface area (Å²) in [7, 11) is 0. The molecule has 0 spiro atoms. The molecule has 152 valence electrons. The lowest BCUT2D eigenvalue weighted by molar-refractivity contribution is -0.130. The SMILES string of the molecule is CC(C)(C)OC(=O)NCCC(=O)NCC1CCCCN1C(=O)C=CC1CC1. The van der Waals surface area contributed by atoms with Gasteiger partial charge in [-0.3, -0.25) is 9.59 Å². The average molecular weight is 380 g/mol. The highest BCUT2D eigenvalue weighted by Gasteiger charge is 2.26. The lowest BCUT2D eigenvalue weighted by atomic mass is 10.0. The van der Waals surface area contributed by atoms with Gasteiger partial charge in [0, 0.05) is 32.1 Å². The van der Waals surface area contributed by atoms with Crippen LogP contribution in [0.15, 0.2) is 12.2 Å². The van der Waals surface area contributed by atoms with Gasteiger partial charge in [-0.05, 0) is 64.9 Å². The van der Waals surface area contributed by atoms with Crippen molar-refractivity contribution in [2.75, 3.05) is 19.6 Å². The molecule has 3 amide bonds. The van der Waals surface area contributed by atoms with E-state index in [0.29, 0.717) is 12.5 Å². The van der Waals surface area contributed by atoms with E-state index in [9.17, 15) is 14.4 Å². The summed E-state index contributed by atoms with van der Waals surface area (Å²) in [6.45, 7) is 6.78. The zero-order valence-electron chi connectivity index (χ0n) is 16.8. The molecule has 1 saturated heterocycles. The molecule has 0 aromatic heterocycles. The molecule has 0 bridgehead atoms. The van der Waals surface area contributed by atoms with E-state index >= 15 is 0 Å². The van der Waals surface area contributed by atoms with Crippen LogP contribution in [0.3, 0.4) is 0 Å². The third-order valence-electron chi connectivity index (χ3n) is 4.60. The Morgan fingerprint density at radius 3 is 2.52 bits per heavy atom. The number of carbonyl (C=O) groups excluding carboxylic acids is 3. The monoisotopic (exact) mass is 379 g/mol. The van der Waals surface area contributed by atoms with Crippen molar-refractivity contribution in [3.05, 3.63) is 12.2 Å². The smallest absolute Gasteiger partial charge is 0.407 e. The number of alkyl carbamates (subject to hydrolysis) is 1. The van der Waals surface area contributed by atoms with Crippen LogP contribution in [0.25, 0.3) is 0 Å². The van der Waals surface area contributed by atoms with Gasteiger partial charge in [0.25, 0.3) is 0 Å². The van der Waals surface area contributed by atoms with Gasteiger partial charge in [-0.15, -0.1) is 0 Å². The van der Waals surface area contributed by atoms with Crippen molar-refractivity contribution in [3.63, 3.8) is 0 Å². The Bertz CT molecular complexity index is 564. The molecule has 2 fully saturated rings. The summed E-state index contributed by atoms with van der Waals surface area (Å²) in [5.41, 5.74) is -0.558. The lowest BCUT2D eigenvalue weighted by Crippen LogP contribution is -2.49. The van der Waals surface area contributed by atoms with Crippen LogP contribution >= 0.6 is 0 Å². The Hall–Kier alpha value is -2.05. The second-order valence-electron chi connectivity index (χ2n) is 8.36. The van der Waals surface area contributed by atoms with Gasteiger partial charge >= 0.3 is 6.09 Å². The predicted octanol–water partition coefficient (Wildman–Crippen LogP) is 2.36. The number of nitrogens with one attached hydrogen (secondary N) is 2. The first-order valence-electron chi connectivity index (χ1n) is 9.97. The number of nitrogens with zero attached hydrogens (tertiary/aromatic N) is 1. The van der Waals surface area contributed by atoms with E-state index in [4.69, 9.17) is 4.74 Å². The van der Waals surface area contributed by atoms with E-state index in [2.05, 4.69) is 10.6 Å². The second kappa shape index (κ2) is 9.76. The number of amides is 3. The fourth-order valence-electron chi connectivity index (χ4n) is 3.02. The maximum Gasteiger partial charge on any atom is 0.407 e. The van der Waals surface area contributed by atoms with Gasteiger partial charge in [-0.2, -0.15) is 0 Å². The molecule has 27 heavy (non-hydrogen) atoms. The van der Waals surface area contributed by atoms with Gasteiger partial charge in [-0.25, -0.2) is 4.79 Å². The fraction of sp³-hybridized carbons (Fsp3) is 0.750. The summed E-state index contributed by atoms with van der Waals surface area (Å²) in [4.78, 5) is 37.9. The van der Waals surface area contributed by atoms with E-state index in [1.807, 2.05) is 11.0 Å². The lowest BCUT2D eigenvalue weighted by Gasteiger charge is -2.35. The summed E-state index contributed by atoms with van der Waals surface area (Å²) in [5.74, 6) is 0.486. The number of carbonyl (C=O) groups is 3. The van der Waals surface area contributed by atoms with Crippen LogP contribution in [0.2, 0.25) is 0 Å². The van der Waals surface area contributed by atoms with Crippen molar-refractivity contribution >= 4 is 17.9 Å². The first-order chi connectivity index (χ1) is 12.7. The standard InChI is InChI=1S/C20H33N3O4/c1-20(2,3)27-19(26)21-12-11-17(24)22-14-16-6-4-5-13-23(16)18(25)10-9-15-7-8-15/h9-10,15-16H,4-8,11-14H2,1-3H3,(H,21,26)(H,22,24). The quantitative estimate of drug-likeness (QED) is 0.665. The van der Waals surface area contributed by atoms with E-state index in [1.54, 1.807) is 26.8 Å². The van der Waals surface area contributed by atoms with Crippen LogP contribution in [0.4, 0.5) is 4.79 Å². The Morgan fingerprint density at radius 1 is 1.11 bits per heavy atom. The predicted molar refractivity (Wildman–Crippen MR) is 103 cm³/mol. The van der Waals surface area contributed by atoms with Crippen molar-refractivity contribution in [1.82, 2.24) is 15.5 Å². The zero-order valence-corrected chi connectivity index (χ0v) is 16.8. The van der Waals surface area contributed by atoms with E-state index in [-0.39, 0.29) is 30.8 Å². The zero-order chi connectivity index (χ0) is 19.9.